The lowest BCUT2D eigenvalue weighted by molar-refractivity contribution is -0.137. The monoisotopic (exact) mass is 599 g/mol. The highest BCUT2D eigenvalue weighted by Gasteiger charge is 2.31. The molecular weight excluding hydrogens is 563 g/mol. The second-order valence-electron chi connectivity index (χ2n) is 11.1. The molecule has 228 valence electrons. The van der Waals surface area contributed by atoms with Crippen LogP contribution < -0.4 is 10.2 Å². The minimum atomic E-state index is -4.43. The first-order valence-electron chi connectivity index (χ1n) is 14.9. The van der Waals surface area contributed by atoms with Crippen LogP contribution in [0.1, 0.15) is 52.9 Å². The first kappa shape index (κ1) is 31.0. The van der Waals surface area contributed by atoms with E-state index in [1.807, 2.05) is 74.5 Å². The molecule has 1 N–H and O–H groups in total. The third-order valence-corrected chi connectivity index (χ3v) is 8.11. The van der Waals surface area contributed by atoms with Gasteiger partial charge in [0.2, 0.25) is 0 Å². The number of hydrogen-bond acceptors (Lipinski definition) is 4. The molecule has 1 heterocycles. The summed E-state index contributed by atoms with van der Waals surface area (Å²) in [6.45, 7) is 6.90. The van der Waals surface area contributed by atoms with Crippen molar-refractivity contribution in [3.05, 3.63) is 119 Å². The zero-order valence-electron chi connectivity index (χ0n) is 24.9. The highest BCUT2D eigenvalue weighted by atomic mass is 19.4. The van der Waals surface area contributed by atoms with Gasteiger partial charge in [0, 0.05) is 44.0 Å². The molecule has 0 spiro atoms. The first-order valence-corrected chi connectivity index (χ1v) is 14.9. The Morgan fingerprint density at radius 3 is 2.09 bits per heavy atom. The van der Waals surface area contributed by atoms with Crippen molar-refractivity contribution in [1.82, 2.24) is 4.90 Å². The van der Waals surface area contributed by atoms with Crippen LogP contribution in [0.25, 0.3) is 11.1 Å². The standard InChI is InChI=1S/C36H36F3N3O2/c1-3-8-32(43)34(27-10-5-4-6-11-27)42-23-21-41(22-24-42)30-19-17-29(18-20-30)40-35(44)33-25(2)9-7-12-31(33)26-13-15-28(16-14-26)36(37,38)39/h4-7,9-20,34H,3,8,21-24H2,1-2H3,(H,40,44). The van der Waals surface area contributed by atoms with Crippen molar-refractivity contribution in [2.24, 2.45) is 0 Å². The van der Waals surface area contributed by atoms with Gasteiger partial charge in [-0.2, -0.15) is 13.2 Å². The third kappa shape index (κ3) is 7.03. The van der Waals surface area contributed by atoms with E-state index in [1.54, 1.807) is 12.1 Å². The van der Waals surface area contributed by atoms with Crippen LogP contribution in [0.15, 0.2) is 97.1 Å². The van der Waals surface area contributed by atoms with Gasteiger partial charge >= 0.3 is 6.18 Å². The lowest BCUT2D eigenvalue weighted by Gasteiger charge is -2.40. The predicted molar refractivity (Wildman–Crippen MR) is 169 cm³/mol. The number of nitrogens with one attached hydrogen (secondary N) is 1. The number of halogens is 3. The topological polar surface area (TPSA) is 52.7 Å². The molecule has 4 aromatic carbocycles. The van der Waals surface area contributed by atoms with E-state index in [1.165, 1.54) is 12.1 Å². The molecule has 1 aliphatic heterocycles. The first-order chi connectivity index (χ1) is 21.2. The number of rotatable bonds is 9. The summed E-state index contributed by atoms with van der Waals surface area (Å²) in [5, 5.41) is 2.96. The fourth-order valence-electron chi connectivity index (χ4n) is 5.85. The van der Waals surface area contributed by atoms with Gasteiger partial charge in [0.25, 0.3) is 5.91 Å². The number of carbonyl (C=O) groups is 2. The number of piperazine rings is 1. The number of hydrogen-bond donors (Lipinski definition) is 1. The van der Waals surface area contributed by atoms with E-state index in [0.717, 1.165) is 61.5 Å². The molecule has 1 unspecified atom stereocenters. The van der Waals surface area contributed by atoms with Gasteiger partial charge in [0.05, 0.1) is 17.2 Å². The molecule has 0 radical (unpaired) electrons. The van der Waals surface area contributed by atoms with Crippen molar-refractivity contribution < 1.29 is 22.8 Å². The number of Topliss-reactive ketones (excluding diaryl/α,β-unsaturated/α-hetero) is 1. The predicted octanol–water partition coefficient (Wildman–Crippen LogP) is 8.17. The summed E-state index contributed by atoms with van der Waals surface area (Å²) in [6, 6.07) is 27.6. The summed E-state index contributed by atoms with van der Waals surface area (Å²) >= 11 is 0. The van der Waals surface area contributed by atoms with E-state index in [9.17, 15) is 22.8 Å². The number of anilines is 2. The van der Waals surface area contributed by atoms with E-state index in [0.29, 0.717) is 28.8 Å². The van der Waals surface area contributed by atoms with Crippen molar-refractivity contribution in [3.8, 4) is 11.1 Å². The van der Waals surface area contributed by atoms with Crippen LogP contribution in [-0.4, -0.2) is 42.8 Å². The Balaban J connectivity index is 1.25. The number of carbonyl (C=O) groups excluding carboxylic acids is 2. The van der Waals surface area contributed by atoms with Gasteiger partial charge in [0.1, 0.15) is 0 Å². The van der Waals surface area contributed by atoms with E-state index in [-0.39, 0.29) is 17.7 Å². The van der Waals surface area contributed by atoms with E-state index >= 15 is 0 Å². The van der Waals surface area contributed by atoms with Gasteiger partial charge in [-0.15, -0.1) is 0 Å². The molecule has 0 bridgehead atoms. The molecule has 1 atom stereocenters. The van der Waals surface area contributed by atoms with Crippen molar-refractivity contribution in [2.75, 3.05) is 36.4 Å². The zero-order chi connectivity index (χ0) is 31.3. The molecule has 44 heavy (non-hydrogen) atoms. The Morgan fingerprint density at radius 1 is 0.818 bits per heavy atom. The average molecular weight is 600 g/mol. The third-order valence-electron chi connectivity index (χ3n) is 8.11. The van der Waals surface area contributed by atoms with Crippen molar-refractivity contribution in [2.45, 2.75) is 38.9 Å². The number of alkyl halides is 3. The summed E-state index contributed by atoms with van der Waals surface area (Å²) in [5.74, 6) is -0.0783. The van der Waals surface area contributed by atoms with Gasteiger partial charge < -0.3 is 10.2 Å². The SMILES string of the molecule is CCCC(=O)C(c1ccccc1)N1CCN(c2ccc(NC(=O)c3c(C)cccc3-c3ccc(C(F)(F)F)cc3)cc2)CC1. The van der Waals surface area contributed by atoms with Crippen LogP contribution in [0.2, 0.25) is 0 Å². The van der Waals surface area contributed by atoms with Gasteiger partial charge in [-0.3, -0.25) is 14.5 Å². The maximum absolute atomic E-state index is 13.4. The Bertz CT molecular complexity index is 1580. The van der Waals surface area contributed by atoms with Crippen LogP contribution in [0.5, 0.6) is 0 Å². The molecule has 0 saturated carbocycles. The summed E-state index contributed by atoms with van der Waals surface area (Å²) < 4.78 is 39.2. The van der Waals surface area contributed by atoms with E-state index < -0.39 is 11.7 Å². The Hall–Kier alpha value is -4.43. The Kier molecular flexibility index (Phi) is 9.49. The quantitative estimate of drug-likeness (QED) is 0.211. The molecule has 0 aliphatic carbocycles. The Morgan fingerprint density at radius 2 is 1.48 bits per heavy atom. The van der Waals surface area contributed by atoms with Crippen molar-refractivity contribution >= 4 is 23.1 Å². The molecule has 1 amide bonds. The molecule has 1 fully saturated rings. The Labute approximate surface area is 256 Å². The summed E-state index contributed by atoms with van der Waals surface area (Å²) in [5.41, 5.74) is 4.19. The number of amides is 1. The second kappa shape index (κ2) is 13.5. The van der Waals surface area contributed by atoms with Crippen LogP contribution in [0.3, 0.4) is 0 Å². The summed E-state index contributed by atoms with van der Waals surface area (Å²) in [4.78, 5) is 31.0. The van der Waals surface area contributed by atoms with E-state index in [4.69, 9.17) is 0 Å². The smallest absolute Gasteiger partial charge is 0.369 e. The van der Waals surface area contributed by atoms with Crippen molar-refractivity contribution in [1.29, 1.82) is 0 Å². The summed E-state index contributed by atoms with van der Waals surface area (Å²) in [6.07, 6.45) is -3.05. The van der Waals surface area contributed by atoms with Gasteiger partial charge in [0.15, 0.2) is 5.78 Å². The largest absolute Gasteiger partial charge is 0.416 e. The lowest BCUT2D eigenvalue weighted by Crippen LogP contribution is -2.49. The average Bonchev–Trinajstić information content (AvgIpc) is 3.02. The fraction of sp³-hybridized carbons (Fsp3) is 0.278. The highest BCUT2D eigenvalue weighted by Crippen LogP contribution is 2.33. The van der Waals surface area contributed by atoms with Gasteiger partial charge in [-0.25, -0.2) is 0 Å². The minimum absolute atomic E-state index is 0.232. The van der Waals surface area contributed by atoms with Gasteiger partial charge in [-0.05, 0) is 72.0 Å². The van der Waals surface area contributed by atoms with Crippen LogP contribution in [0.4, 0.5) is 24.5 Å². The number of benzene rings is 4. The maximum atomic E-state index is 13.4. The number of ketones is 1. The fourth-order valence-corrected chi connectivity index (χ4v) is 5.85. The lowest BCUT2D eigenvalue weighted by atomic mass is 9.94. The van der Waals surface area contributed by atoms with Crippen LogP contribution in [0, 0.1) is 6.92 Å². The zero-order valence-corrected chi connectivity index (χ0v) is 24.9. The van der Waals surface area contributed by atoms with Gasteiger partial charge in [-0.1, -0.05) is 67.6 Å². The number of aryl methyl sites for hydroxylation is 1. The molecule has 1 aliphatic rings. The molecule has 1 saturated heterocycles. The summed E-state index contributed by atoms with van der Waals surface area (Å²) in [7, 11) is 0. The highest BCUT2D eigenvalue weighted by molar-refractivity contribution is 6.09. The normalized spacial score (nSPS) is 14.7. The molecule has 5 nitrogen and oxygen atoms in total. The molecule has 5 rings (SSSR count). The molecular formula is C36H36F3N3O2. The van der Waals surface area contributed by atoms with Crippen LogP contribution >= 0.6 is 0 Å². The number of nitrogens with zero attached hydrogens (tertiary/aromatic N) is 2. The molecule has 8 heteroatoms. The van der Waals surface area contributed by atoms with E-state index in [2.05, 4.69) is 15.1 Å². The van der Waals surface area contributed by atoms with Crippen LogP contribution in [-0.2, 0) is 11.0 Å². The van der Waals surface area contributed by atoms with Crippen molar-refractivity contribution in [3.63, 3.8) is 0 Å². The minimum Gasteiger partial charge on any atom is -0.369 e. The maximum Gasteiger partial charge on any atom is 0.416 e. The second-order valence-corrected chi connectivity index (χ2v) is 11.1. The molecule has 0 aromatic heterocycles. The molecule has 4 aromatic rings.